The highest BCUT2D eigenvalue weighted by molar-refractivity contribution is 5.77. The molecule has 1 aliphatic heterocycles. The molecular weight excluding hydrogens is 620 g/mol. The van der Waals surface area contributed by atoms with Crippen molar-refractivity contribution in [3.63, 3.8) is 0 Å². The summed E-state index contributed by atoms with van der Waals surface area (Å²) < 4.78 is 11.4. The minimum atomic E-state index is -2.84. The number of ether oxygens (including phenoxy) is 2. The Balaban J connectivity index is 1.33. The van der Waals surface area contributed by atoms with Crippen LogP contribution in [-0.2, 0) is 19.1 Å². The quantitative estimate of drug-likeness (QED) is 0.118. The van der Waals surface area contributed by atoms with Crippen molar-refractivity contribution >= 4 is 11.9 Å². The smallest absolute Gasteiger partial charge is 0.312 e. The van der Waals surface area contributed by atoms with Crippen molar-refractivity contribution in [1.29, 1.82) is 0 Å². The van der Waals surface area contributed by atoms with Gasteiger partial charge in [0.15, 0.2) is 6.10 Å². The Bertz CT molecular complexity index is 1320. The molecule has 0 aromatic heterocycles. The predicted molar refractivity (Wildman–Crippen MR) is 173 cm³/mol. The summed E-state index contributed by atoms with van der Waals surface area (Å²) >= 11 is 0. The lowest BCUT2D eigenvalue weighted by molar-refractivity contribution is -0.466. The highest BCUT2D eigenvalue weighted by Crippen LogP contribution is 2.77. The lowest BCUT2D eigenvalue weighted by Crippen LogP contribution is -2.71. The van der Waals surface area contributed by atoms with Gasteiger partial charge in [-0.15, -0.1) is 0 Å². The maximum Gasteiger partial charge on any atom is 0.312 e. The Labute approximate surface area is 283 Å². The summed E-state index contributed by atoms with van der Waals surface area (Å²) in [6, 6.07) is 0. The lowest BCUT2D eigenvalue weighted by atomic mass is 9.32. The Morgan fingerprint density at radius 3 is 2.12 bits per heavy atom. The van der Waals surface area contributed by atoms with Gasteiger partial charge in [0.05, 0.1) is 23.5 Å². The molecule has 16 atom stereocenters. The maximum atomic E-state index is 13.4. The van der Waals surface area contributed by atoms with E-state index in [0.29, 0.717) is 25.7 Å². The maximum absolute atomic E-state index is 13.4. The topological polar surface area (TPSA) is 194 Å². The highest BCUT2D eigenvalue weighted by atomic mass is 16.8. The molecule has 5 saturated carbocycles. The van der Waals surface area contributed by atoms with Gasteiger partial charge in [0.1, 0.15) is 18.3 Å². The first-order valence-electron chi connectivity index (χ1n) is 18.2. The zero-order chi connectivity index (χ0) is 35.4. The molecule has 0 amide bonds. The predicted octanol–water partition coefficient (Wildman–Crippen LogP) is 3.69. The molecule has 11 heteroatoms. The second-order valence-electron chi connectivity index (χ2n) is 17.4. The highest BCUT2D eigenvalue weighted by Gasteiger charge is 2.74. The third-order valence-corrected chi connectivity index (χ3v) is 16.1. The zero-order valence-electron chi connectivity index (χ0n) is 29.2. The van der Waals surface area contributed by atoms with Crippen LogP contribution in [0.15, 0.2) is 12.2 Å². The van der Waals surface area contributed by atoms with Gasteiger partial charge in [-0.1, -0.05) is 39.8 Å². The van der Waals surface area contributed by atoms with E-state index in [9.17, 15) is 45.3 Å². The number of aliphatic carboxylic acids is 2. The van der Waals surface area contributed by atoms with E-state index in [1.807, 2.05) is 0 Å². The van der Waals surface area contributed by atoms with E-state index in [1.54, 1.807) is 6.92 Å². The van der Waals surface area contributed by atoms with Gasteiger partial charge in [0.25, 0.3) is 0 Å². The van der Waals surface area contributed by atoms with Crippen LogP contribution < -0.4 is 0 Å². The minimum absolute atomic E-state index is 0.0391. The van der Waals surface area contributed by atoms with E-state index in [2.05, 4.69) is 34.3 Å². The first-order valence-corrected chi connectivity index (χ1v) is 18.2. The molecule has 6 fully saturated rings. The number of rotatable bonds is 7. The molecule has 1 saturated heterocycles. The van der Waals surface area contributed by atoms with Crippen LogP contribution in [0.1, 0.15) is 105 Å². The number of carboxylic acid groups (broad SMARTS) is 2. The lowest BCUT2D eigenvalue weighted by Gasteiger charge is -2.72. The molecule has 0 bridgehead atoms. The summed E-state index contributed by atoms with van der Waals surface area (Å²) in [6.45, 7) is 14.4. The molecule has 16 unspecified atom stereocenters. The molecule has 48 heavy (non-hydrogen) atoms. The van der Waals surface area contributed by atoms with Gasteiger partial charge in [0, 0.05) is 0 Å². The van der Waals surface area contributed by atoms with Gasteiger partial charge in [-0.05, 0) is 123 Å². The summed E-state index contributed by atoms with van der Waals surface area (Å²) in [5.41, 5.74) is -1.76. The summed E-state index contributed by atoms with van der Waals surface area (Å²) in [7, 11) is 0. The fraction of sp³-hybridized carbons (Fsp3) is 0.892. The van der Waals surface area contributed by atoms with Crippen LogP contribution in [0.3, 0.4) is 0 Å². The first-order chi connectivity index (χ1) is 22.3. The van der Waals surface area contributed by atoms with Crippen molar-refractivity contribution in [1.82, 2.24) is 0 Å². The normalized spacial score (nSPS) is 54.7. The van der Waals surface area contributed by atoms with Crippen LogP contribution in [0.5, 0.6) is 0 Å². The molecule has 1 heterocycles. The van der Waals surface area contributed by atoms with Gasteiger partial charge < -0.3 is 45.2 Å². The van der Waals surface area contributed by atoms with E-state index in [4.69, 9.17) is 9.47 Å². The van der Waals surface area contributed by atoms with Gasteiger partial charge >= 0.3 is 17.9 Å². The van der Waals surface area contributed by atoms with Crippen LogP contribution in [0.4, 0.5) is 0 Å². The van der Waals surface area contributed by atoms with Crippen LogP contribution >= 0.6 is 0 Å². The summed E-state index contributed by atoms with van der Waals surface area (Å²) in [5.74, 6) is -4.31. The molecule has 0 spiro atoms. The number of carboxylic acids is 2. The Morgan fingerprint density at radius 1 is 0.833 bits per heavy atom. The SMILES string of the molecule is C=C(CC)C1CCC2(C(=O)O)CCC3(C)C(CCC4C5(C)CCC(OC6(O)OC(CO)C(O)C(O)C6O)C(C)(C(=O)O)C5CCC43C)C12. The van der Waals surface area contributed by atoms with Crippen molar-refractivity contribution in [3.05, 3.63) is 12.2 Å². The molecule has 0 radical (unpaired) electrons. The Hall–Kier alpha value is -1.60. The number of aliphatic hydroxyl groups excluding tert-OH is 4. The van der Waals surface area contributed by atoms with Crippen LogP contribution in [0.25, 0.3) is 0 Å². The summed E-state index contributed by atoms with van der Waals surface area (Å²) in [5, 5.41) is 74.0. The number of aliphatic hydroxyl groups is 5. The number of fused-ring (bicyclic) bond motifs is 7. The van der Waals surface area contributed by atoms with Crippen molar-refractivity contribution < 1.29 is 54.8 Å². The second kappa shape index (κ2) is 11.7. The van der Waals surface area contributed by atoms with E-state index in [0.717, 1.165) is 44.1 Å². The van der Waals surface area contributed by atoms with Gasteiger partial charge in [-0.3, -0.25) is 9.59 Å². The number of allylic oxidation sites excluding steroid dienone is 1. The van der Waals surface area contributed by atoms with Crippen LogP contribution in [0, 0.1) is 56.7 Å². The Morgan fingerprint density at radius 2 is 1.52 bits per heavy atom. The molecule has 0 aromatic carbocycles. The van der Waals surface area contributed by atoms with E-state index < -0.39 is 71.3 Å². The molecule has 0 aromatic rings. The van der Waals surface area contributed by atoms with E-state index in [1.165, 1.54) is 0 Å². The van der Waals surface area contributed by atoms with Crippen molar-refractivity contribution in [2.75, 3.05) is 6.61 Å². The third kappa shape index (κ3) is 4.56. The molecule has 5 aliphatic carbocycles. The van der Waals surface area contributed by atoms with Crippen LogP contribution in [-0.4, -0.2) is 90.8 Å². The van der Waals surface area contributed by atoms with E-state index in [-0.39, 0.29) is 46.8 Å². The van der Waals surface area contributed by atoms with Gasteiger partial charge in [0.2, 0.25) is 0 Å². The monoisotopic (exact) mass is 678 g/mol. The van der Waals surface area contributed by atoms with E-state index >= 15 is 0 Å². The molecular formula is C37H58O11. The van der Waals surface area contributed by atoms with Gasteiger partial charge in [-0.25, -0.2) is 0 Å². The van der Waals surface area contributed by atoms with Crippen LogP contribution in [0.2, 0.25) is 0 Å². The molecule has 272 valence electrons. The molecule has 11 nitrogen and oxygen atoms in total. The fourth-order valence-electron chi connectivity index (χ4n) is 13.2. The average Bonchev–Trinajstić information content (AvgIpc) is 3.44. The first kappa shape index (κ1) is 36.2. The Kier molecular flexibility index (Phi) is 8.84. The van der Waals surface area contributed by atoms with Crippen molar-refractivity contribution in [3.8, 4) is 0 Å². The molecule has 7 N–H and O–H groups in total. The summed E-state index contributed by atoms with van der Waals surface area (Å²) in [4.78, 5) is 26.4. The number of hydrogen-bond acceptors (Lipinski definition) is 9. The molecule has 6 rings (SSSR count). The number of carbonyl (C=O) groups is 2. The summed E-state index contributed by atoms with van der Waals surface area (Å²) in [6.07, 6.45) is -0.369. The van der Waals surface area contributed by atoms with Gasteiger partial charge in [-0.2, -0.15) is 0 Å². The average molecular weight is 679 g/mol. The van der Waals surface area contributed by atoms with Crippen molar-refractivity contribution in [2.45, 2.75) is 142 Å². The fourth-order valence-corrected chi connectivity index (χ4v) is 13.2. The molecule has 6 aliphatic rings. The zero-order valence-corrected chi connectivity index (χ0v) is 29.2. The van der Waals surface area contributed by atoms with Crippen molar-refractivity contribution in [2.24, 2.45) is 56.7 Å². The largest absolute Gasteiger partial charge is 0.481 e. The standard InChI is InChI=1S/C37H58O11/c1-7-19(2)20-10-15-36(31(44)45)17-16-33(4)21(26(20)36)8-9-23-32(3)13-12-25(35(6,30(42)43)24(32)11-14-34(23,33)5)48-37(46)29(41)28(40)27(39)22(18-38)47-37/h20-29,38-41,46H,2,7-18H2,1,3-6H3,(H,42,43)(H,44,45). The minimum Gasteiger partial charge on any atom is -0.481 e. The second-order valence-corrected chi connectivity index (χ2v) is 17.4. The number of hydrogen-bond donors (Lipinski definition) is 7. The third-order valence-electron chi connectivity index (χ3n) is 16.1.